The second-order valence-electron chi connectivity index (χ2n) is 34.4. The molecule has 5 aromatic rings. The van der Waals surface area contributed by atoms with Crippen molar-refractivity contribution in [2.45, 2.75) is 239 Å². The van der Waals surface area contributed by atoms with Crippen LogP contribution in [0.1, 0.15) is 157 Å². The quantitative estimate of drug-likeness (QED) is 0.0673. The number of hydrogen-bond acceptors (Lipinski definition) is 28. The topological polar surface area (TPSA) is 567 Å². The number of likely N-dealkylation sites (N-methyl/N-ethyl adjacent to an activating group) is 1. The second kappa shape index (κ2) is 35.1. The first-order valence-corrected chi connectivity index (χ1v) is 41.1. The van der Waals surface area contributed by atoms with Crippen LogP contribution in [0.4, 0.5) is 0 Å². The average Bonchev–Trinajstić information content (AvgIpc) is 0.840. The van der Waals surface area contributed by atoms with E-state index in [2.05, 4.69) is 42.5 Å². The molecule has 4 aliphatic carbocycles. The molecule has 38 heteroatoms. The predicted molar refractivity (Wildman–Crippen MR) is 427 cm³/mol. The van der Waals surface area contributed by atoms with Gasteiger partial charge in [0.1, 0.15) is 95.5 Å². The molecule has 5 aromatic carbocycles. The summed E-state index contributed by atoms with van der Waals surface area (Å²) in [5.74, 6) is -13.2. The Morgan fingerprint density at radius 1 is 0.628 bits per heavy atom. The van der Waals surface area contributed by atoms with E-state index in [0.29, 0.717) is 11.8 Å². The lowest BCUT2D eigenvalue weighted by atomic mass is 9.54. The number of benzene rings is 5. The van der Waals surface area contributed by atoms with E-state index in [1.165, 1.54) is 71.1 Å². The summed E-state index contributed by atoms with van der Waals surface area (Å²) in [4.78, 5) is 124. The van der Waals surface area contributed by atoms with Crippen molar-refractivity contribution in [3.63, 3.8) is 0 Å². The molecule has 0 spiro atoms. The minimum absolute atomic E-state index is 0.0427. The van der Waals surface area contributed by atoms with Gasteiger partial charge in [-0.25, -0.2) is 0 Å². The van der Waals surface area contributed by atoms with Crippen molar-refractivity contribution in [3.05, 3.63) is 117 Å². The van der Waals surface area contributed by atoms with Gasteiger partial charge in [-0.3, -0.25) is 38.4 Å². The zero-order valence-electron chi connectivity index (χ0n) is 67.1. The Hall–Kier alpha value is -9.32. The molecule has 12 aliphatic rings. The molecular weight excluding hydrogens is 1620 g/mol. The first kappa shape index (κ1) is 88.0. The van der Waals surface area contributed by atoms with Gasteiger partial charge < -0.3 is 144 Å². The molecule has 23 N–H and O–H groups in total. The van der Waals surface area contributed by atoms with E-state index in [-0.39, 0.29) is 91.9 Å². The Bertz CT molecular complexity index is 4800. The fourth-order valence-electron chi connectivity index (χ4n) is 18.7. The summed E-state index contributed by atoms with van der Waals surface area (Å²) in [6, 6.07) is 0.765. The Kier molecular flexibility index (Phi) is 25.6. The number of ether oxygens (including phenoxy) is 8. The monoisotopic (exact) mass is 1720 g/mol. The normalized spacial score (nSPS) is 34.9. The van der Waals surface area contributed by atoms with Gasteiger partial charge in [0.15, 0.2) is 30.2 Å². The minimum Gasteiger partial charge on any atom is -0.508 e. The van der Waals surface area contributed by atoms with Gasteiger partial charge >= 0.3 is 0 Å². The van der Waals surface area contributed by atoms with Crippen LogP contribution in [-0.2, 0) is 62.0 Å². The van der Waals surface area contributed by atoms with Crippen LogP contribution in [0, 0.1) is 29.6 Å². The highest BCUT2D eigenvalue weighted by Gasteiger charge is 2.54. The molecule has 0 aromatic heterocycles. The molecule has 22 atom stereocenters. The molecule has 3 saturated heterocycles. The third kappa shape index (κ3) is 18.2. The summed E-state index contributed by atoms with van der Waals surface area (Å²) in [6.45, 7) is 8.75. The van der Waals surface area contributed by atoms with Crippen LogP contribution in [0.2, 0.25) is 10.0 Å². The van der Waals surface area contributed by atoms with Gasteiger partial charge in [0, 0.05) is 47.2 Å². The Morgan fingerprint density at radius 3 is 1.78 bits per heavy atom. The fourth-order valence-corrected chi connectivity index (χ4v) is 19.1. The fraction of sp³-hybridized carbons (Fsp3) is 0.542. The summed E-state index contributed by atoms with van der Waals surface area (Å²) < 4.78 is 52.5. The lowest BCUT2D eigenvalue weighted by molar-refractivity contribution is -0.333. The molecule has 0 radical (unpaired) electrons. The summed E-state index contributed by atoms with van der Waals surface area (Å²) in [6.07, 6.45) is -18.2. The number of rotatable bonds is 16. The van der Waals surface area contributed by atoms with E-state index in [4.69, 9.17) is 78.3 Å². The molecule has 4 saturated carbocycles. The Morgan fingerprint density at radius 2 is 1.20 bits per heavy atom. The molecule has 654 valence electrons. The van der Waals surface area contributed by atoms with Crippen LogP contribution in [0.15, 0.2) is 78.9 Å². The molecule has 121 heavy (non-hydrogen) atoms. The maximum absolute atomic E-state index is 16.7. The Labute approximate surface area is 704 Å². The lowest BCUT2D eigenvalue weighted by Gasteiger charge is -2.54. The van der Waals surface area contributed by atoms with Gasteiger partial charge in [0.25, 0.3) is 0 Å². The number of phenols is 3. The van der Waals surface area contributed by atoms with Crippen LogP contribution in [0.3, 0.4) is 0 Å². The van der Waals surface area contributed by atoms with Crippen LogP contribution in [-0.4, -0.2) is 216 Å². The molecular formula is C83H103Cl2N11O25. The number of carbonyl (C=O) groups is 8. The minimum atomic E-state index is -2.36. The Balaban J connectivity index is 0.999. The average molecular weight is 1730 g/mol. The lowest BCUT2D eigenvalue weighted by Crippen LogP contribution is -2.64. The predicted octanol–water partition coefficient (Wildman–Crippen LogP) is 2.20. The van der Waals surface area contributed by atoms with Crippen molar-refractivity contribution in [3.8, 4) is 57.1 Å². The number of aliphatic hydroxyl groups excluding tert-OH is 6. The number of fused-ring (bicyclic) bond motifs is 15. The van der Waals surface area contributed by atoms with Crippen molar-refractivity contribution >= 4 is 70.5 Å². The number of aliphatic hydroxyl groups is 6. The van der Waals surface area contributed by atoms with Gasteiger partial charge in [-0.15, -0.1) is 0 Å². The maximum Gasteiger partial charge on any atom is 0.248 e. The van der Waals surface area contributed by atoms with Crippen molar-refractivity contribution in [2.75, 3.05) is 13.7 Å². The highest BCUT2D eigenvalue weighted by Crippen LogP contribution is 2.55. The number of hydrogen-bond donors (Lipinski definition) is 20. The maximum atomic E-state index is 16.7. The number of amides is 8. The largest absolute Gasteiger partial charge is 0.508 e. The van der Waals surface area contributed by atoms with Crippen LogP contribution < -0.4 is 73.9 Å². The molecule has 7 fully saturated rings. The third-order valence-corrected chi connectivity index (χ3v) is 25.3. The van der Waals surface area contributed by atoms with Gasteiger partial charge in [-0.2, -0.15) is 0 Å². The number of phenolic OH excluding ortho intramolecular Hbond substituents is 3. The summed E-state index contributed by atoms with van der Waals surface area (Å²) in [5.41, 5.74) is 14.4. The number of nitrogens with one attached hydrogen (secondary N) is 8. The van der Waals surface area contributed by atoms with Crippen molar-refractivity contribution < 1.29 is 122 Å². The molecule has 8 aliphatic heterocycles. The number of nitrogens with two attached hydrogens (primary N) is 3. The van der Waals surface area contributed by atoms with Crippen LogP contribution in [0.5, 0.6) is 46.0 Å². The number of carbonyl (C=O) groups excluding carboxylic acids is 8. The molecule has 36 nitrogen and oxygen atoms in total. The van der Waals surface area contributed by atoms with Crippen molar-refractivity contribution in [1.82, 2.24) is 42.5 Å². The molecule has 15 bridgehead atoms. The van der Waals surface area contributed by atoms with Crippen molar-refractivity contribution in [1.29, 1.82) is 0 Å². The molecule has 8 heterocycles. The number of primary amides is 1. The van der Waals surface area contributed by atoms with Gasteiger partial charge in [0.05, 0.1) is 53.5 Å². The first-order valence-electron chi connectivity index (χ1n) is 40.4. The van der Waals surface area contributed by atoms with Crippen LogP contribution >= 0.6 is 23.2 Å². The van der Waals surface area contributed by atoms with E-state index < -0.39 is 240 Å². The van der Waals surface area contributed by atoms with E-state index in [1.807, 2.05) is 13.8 Å². The third-order valence-electron chi connectivity index (χ3n) is 24.7. The van der Waals surface area contributed by atoms with Gasteiger partial charge in [-0.1, -0.05) is 55.2 Å². The number of aromatic hydroxyl groups is 3. The zero-order valence-corrected chi connectivity index (χ0v) is 68.6. The van der Waals surface area contributed by atoms with Crippen molar-refractivity contribution in [2.24, 2.45) is 46.8 Å². The molecule has 8 amide bonds. The van der Waals surface area contributed by atoms with E-state index in [1.54, 1.807) is 0 Å². The van der Waals surface area contributed by atoms with Gasteiger partial charge in [-0.05, 0) is 185 Å². The number of halogens is 2. The highest BCUT2D eigenvalue weighted by atomic mass is 35.5. The highest BCUT2D eigenvalue weighted by molar-refractivity contribution is 6.32. The van der Waals surface area contributed by atoms with E-state index in [9.17, 15) is 55.5 Å². The molecule has 14 unspecified atom stereocenters. The van der Waals surface area contributed by atoms with Gasteiger partial charge in [0.2, 0.25) is 59.3 Å². The summed E-state index contributed by atoms with van der Waals surface area (Å²) >= 11 is 14.7. The summed E-state index contributed by atoms with van der Waals surface area (Å²) in [7, 11) is 1.49. The summed E-state index contributed by atoms with van der Waals surface area (Å²) in [5, 5.41) is 127. The van der Waals surface area contributed by atoms with E-state index in [0.717, 1.165) is 74.6 Å². The SMILES string of the molecule is CN[C@H](CC(C)C)C(=O)N[C@H]1C(=O)N[C@@H](CC(N)=O)C(=O)N[C@H]2C(=O)N[C@H]3C(=O)NC(C(=O)N[C@H](C(=O)NC4C5CC6CC(C5)CC4C6)c4cc(O)cc(O)c4-c4cc3ccc4O)[C@H](OC3CC(C)(N)C(O)C(C)O3)c3ccc(c(Cl)c3)Oc3cc2cc(c3OC2OC(CO)C(O)C(O)C2OC2CC(C)(N)C(O)C(C)O2)Oc2ccc(cc2Cl)[C@H]1O. The first-order chi connectivity index (χ1) is 57.2. The standard InChI is InChI=1S/C83H103Cl2N11O25/c1-31(2)14-47(89-7)74(107)95-64-66(102)37-9-12-51(45(84)21-37)116-53-23-41-24-54(70(53)121-81-71(68(104)67(103)55(30-97)118-81)120-58-29-83(6,88)73(106)33(4)115-58)117-52-13-10-38(22-46(52)85)69(119-57-28-82(5,87)72(105)32(3)114-57)65-80(113)94-63(78(111)91-60-39-16-34-15-35(18-39)19-40(60)17-34)44-25-42(98)26-50(100)59(44)43-20-36(8-11-49(43)99)61(76(109)96-65)93-77(110)62(41)92-75(108)48(27-56(86)101)90-79(64)112/h8-13,20-26,31-35,39-40,47-48,55,57-58,60-69,71-73,81,89,97-100,102-106H,14-19,27-30,87-88H2,1-7H3,(H2,86,101)(H,90,112)(H,91,111)(H,92,108)(H,93,110)(H,94,113)(H,95,107)(H,96,109)/t32?,33?,34?,35?,39?,40?,47-,48+,55?,57?,58?,60?,61-,62-,63+,64-,65?,66-,67?,68?,69-,71?,72?,73?,81?,82?,83?/m1/s1. The second-order valence-corrected chi connectivity index (χ2v) is 35.2. The smallest absolute Gasteiger partial charge is 0.248 e. The zero-order chi connectivity index (χ0) is 87.0. The molecule has 17 rings (SSSR count). The van der Waals surface area contributed by atoms with E-state index >= 15 is 28.8 Å². The van der Waals surface area contributed by atoms with Crippen LogP contribution in [0.25, 0.3) is 11.1 Å².